The van der Waals surface area contributed by atoms with Crippen LogP contribution in [0.5, 0.6) is 0 Å². The largest absolute Gasteiger partial charge is 0.310 e. The number of halogens is 3. The summed E-state index contributed by atoms with van der Waals surface area (Å²) in [5.74, 6) is 0. The highest BCUT2D eigenvalue weighted by atomic mass is 79.9. The molecule has 0 amide bonds. The molecule has 0 bridgehead atoms. The van der Waals surface area contributed by atoms with Crippen molar-refractivity contribution in [2.45, 2.75) is 19.4 Å². The molecule has 0 aromatic heterocycles. The Bertz CT molecular complexity index is 549. The van der Waals surface area contributed by atoms with Crippen molar-refractivity contribution in [1.29, 1.82) is 0 Å². The lowest BCUT2D eigenvalue weighted by molar-refractivity contribution is 0.549. The average molecular weight is 418 g/mol. The van der Waals surface area contributed by atoms with Crippen molar-refractivity contribution in [3.05, 3.63) is 67.6 Å². The predicted molar refractivity (Wildman–Crippen MR) is 93.4 cm³/mol. The Morgan fingerprint density at radius 2 is 1.75 bits per heavy atom. The number of benzene rings is 2. The van der Waals surface area contributed by atoms with Crippen LogP contribution in [0.15, 0.2) is 51.4 Å². The molecule has 0 radical (unpaired) electrons. The molecule has 20 heavy (non-hydrogen) atoms. The van der Waals surface area contributed by atoms with Gasteiger partial charge in [-0.1, -0.05) is 62.5 Å². The van der Waals surface area contributed by atoms with Crippen LogP contribution < -0.4 is 5.32 Å². The van der Waals surface area contributed by atoms with E-state index in [1.807, 2.05) is 12.1 Å². The topological polar surface area (TPSA) is 12.0 Å². The summed E-state index contributed by atoms with van der Waals surface area (Å²) in [5, 5.41) is 4.28. The molecule has 0 fully saturated rings. The Morgan fingerprint density at radius 1 is 1.05 bits per heavy atom. The van der Waals surface area contributed by atoms with Crippen LogP contribution in [0.1, 0.15) is 24.1 Å². The van der Waals surface area contributed by atoms with Crippen LogP contribution in [0.2, 0.25) is 5.02 Å². The Kier molecular flexibility index (Phi) is 6.09. The molecule has 2 aromatic carbocycles. The second-order valence-corrected chi connectivity index (χ2v) is 6.91. The molecule has 0 saturated carbocycles. The summed E-state index contributed by atoms with van der Waals surface area (Å²) in [4.78, 5) is 0. The Balaban J connectivity index is 2.23. The first-order valence-electron chi connectivity index (χ1n) is 6.52. The monoisotopic (exact) mass is 415 g/mol. The number of hydrogen-bond acceptors (Lipinski definition) is 1. The van der Waals surface area contributed by atoms with E-state index < -0.39 is 0 Å². The van der Waals surface area contributed by atoms with Gasteiger partial charge >= 0.3 is 0 Å². The van der Waals surface area contributed by atoms with Gasteiger partial charge in [-0.15, -0.1) is 0 Å². The van der Waals surface area contributed by atoms with Crippen LogP contribution in [-0.2, 0) is 6.42 Å². The molecule has 0 saturated heterocycles. The fourth-order valence-corrected chi connectivity index (χ4v) is 3.34. The maximum Gasteiger partial charge on any atom is 0.0420 e. The lowest BCUT2D eigenvalue weighted by Crippen LogP contribution is -2.23. The van der Waals surface area contributed by atoms with Crippen LogP contribution >= 0.6 is 43.5 Å². The minimum Gasteiger partial charge on any atom is -0.310 e. The molecule has 1 nitrogen and oxygen atoms in total. The molecule has 0 aliphatic carbocycles. The van der Waals surface area contributed by atoms with Crippen molar-refractivity contribution in [2.24, 2.45) is 0 Å². The third kappa shape index (κ3) is 4.59. The van der Waals surface area contributed by atoms with Gasteiger partial charge in [-0.25, -0.2) is 0 Å². The molecule has 1 N–H and O–H groups in total. The molecule has 1 atom stereocenters. The van der Waals surface area contributed by atoms with Crippen molar-refractivity contribution in [2.75, 3.05) is 6.54 Å². The summed E-state index contributed by atoms with van der Waals surface area (Å²) in [6.45, 7) is 3.04. The molecule has 2 rings (SSSR count). The fourth-order valence-electron chi connectivity index (χ4n) is 2.19. The third-order valence-corrected chi connectivity index (χ3v) is 4.30. The highest BCUT2D eigenvalue weighted by molar-refractivity contribution is 9.10. The molecular weight excluding hydrogens is 401 g/mol. The zero-order chi connectivity index (χ0) is 14.5. The molecule has 4 heteroatoms. The van der Waals surface area contributed by atoms with Crippen molar-refractivity contribution in [3.8, 4) is 0 Å². The number of rotatable bonds is 5. The standard InChI is InChI=1S/C16H16Br2ClN/c1-2-20-16(7-11-3-5-13(17)6-4-11)12-8-14(18)10-15(19)9-12/h3-6,8-10,16,20H,2,7H2,1H3. The van der Waals surface area contributed by atoms with E-state index >= 15 is 0 Å². The van der Waals surface area contributed by atoms with Gasteiger partial charge in [0.1, 0.15) is 0 Å². The fraction of sp³-hybridized carbons (Fsp3) is 0.250. The van der Waals surface area contributed by atoms with E-state index in [-0.39, 0.29) is 6.04 Å². The van der Waals surface area contributed by atoms with Crippen LogP contribution in [0.3, 0.4) is 0 Å². The van der Waals surface area contributed by atoms with E-state index in [9.17, 15) is 0 Å². The molecule has 106 valence electrons. The van der Waals surface area contributed by atoms with Crippen LogP contribution in [-0.4, -0.2) is 6.54 Å². The van der Waals surface area contributed by atoms with Crippen LogP contribution in [0.4, 0.5) is 0 Å². The summed E-state index contributed by atoms with van der Waals surface area (Å²) in [7, 11) is 0. The summed E-state index contributed by atoms with van der Waals surface area (Å²) in [6.07, 6.45) is 0.938. The van der Waals surface area contributed by atoms with E-state index in [0.29, 0.717) is 0 Å². The molecule has 0 heterocycles. The summed E-state index contributed by atoms with van der Waals surface area (Å²) >= 11 is 13.1. The first-order chi connectivity index (χ1) is 9.58. The zero-order valence-electron chi connectivity index (χ0n) is 11.2. The second kappa shape index (κ2) is 7.60. The molecular formula is C16H16Br2ClN. The Labute approximate surface area is 142 Å². The first kappa shape index (κ1) is 16.0. The third-order valence-electron chi connectivity index (χ3n) is 3.09. The first-order valence-corrected chi connectivity index (χ1v) is 8.48. The van der Waals surface area contributed by atoms with Gasteiger partial charge < -0.3 is 5.32 Å². The summed E-state index contributed by atoms with van der Waals surface area (Å²) in [6, 6.07) is 14.8. The van der Waals surface area contributed by atoms with E-state index in [2.05, 4.69) is 74.4 Å². The summed E-state index contributed by atoms with van der Waals surface area (Å²) < 4.78 is 2.12. The van der Waals surface area contributed by atoms with Gasteiger partial charge in [0.2, 0.25) is 0 Å². The average Bonchev–Trinajstić information content (AvgIpc) is 2.39. The van der Waals surface area contributed by atoms with E-state index in [0.717, 1.165) is 26.9 Å². The quantitative estimate of drug-likeness (QED) is 0.652. The molecule has 0 aliphatic rings. The van der Waals surface area contributed by atoms with Crippen molar-refractivity contribution < 1.29 is 0 Å². The van der Waals surface area contributed by atoms with Gasteiger partial charge in [-0.2, -0.15) is 0 Å². The normalized spacial score (nSPS) is 12.4. The molecule has 2 aromatic rings. The van der Waals surface area contributed by atoms with Crippen LogP contribution in [0.25, 0.3) is 0 Å². The Hall–Kier alpha value is -0.350. The SMILES string of the molecule is CCNC(Cc1ccc(Br)cc1)c1cc(Cl)cc(Br)c1. The number of hydrogen-bond donors (Lipinski definition) is 1. The van der Waals surface area contributed by atoms with E-state index in [1.54, 1.807) is 0 Å². The smallest absolute Gasteiger partial charge is 0.0420 e. The van der Waals surface area contributed by atoms with Crippen molar-refractivity contribution in [3.63, 3.8) is 0 Å². The van der Waals surface area contributed by atoms with E-state index in [4.69, 9.17) is 11.6 Å². The van der Waals surface area contributed by atoms with Gasteiger partial charge in [0, 0.05) is 20.0 Å². The molecule has 1 unspecified atom stereocenters. The minimum atomic E-state index is 0.260. The molecule has 0 spiro atoms. The zero-order valence-corrected chi connectivity index (χ0v) is 15.1. The maximum absolute atomic E-state index is 6.15. The minimum absolute atomic E-state index is 0.260. The highest BCUT2D eigenvalue weighted by Gasteiger charge is 2.12. The van der Waals surface area contributed by atoms with Crippen LogP contribution in [0, 0.1) is 0 Å². The molecule has 0 aliphatic heterocycles. The van der Waals surface area contributed by atoms with E-state index in [1.165, 1.54) is 11.1 Å². The van der Waals surface area contributed by atoms with Gasteiger partial charge in [-0.3, -0.25) is 0 Å². The second-order valence-electron chi connectivity index (χ2n) is 4.64. The van der Waals surface area contributed by atoms with Gasteiger partial charge in [-0.05, 0) is 54.4 Å². The maximum atomic E-state index is 6.15. The highest BCUT2D eigenvalue weighted by Crippen LogP contribution is 2.26. The Morgan fingerprint density at radius 3 is 2.35 bits per heavy atom. The van der Waals surface area contributed by atoms with Gasteiger partial charge in [0.15, 0.2) is 0 Å². The van der Waals surface area contributed by atoms with Crippen molar-refractivity contribution in [1.82, 2.24) is 5.32 Å². The lowest BCUT2D eigenvalue weighted by Gasteiger charge is -2.19. The summed E-state index contributed by atoms with van der Waals surface area (Å²) in [5.41, 5.74) is 2.50. The number of likely N-dealkylation sites (N-methyl/N-ethyl adjacent to an activating group) is 1. The van der Waals surface area contributed by atoms with Crippen molar-refractivity contribution >= 4 is 43.5 Å². The predicted octanol–water partition coefficient (Wildman–Crippen LogP) is 5.76. The number of nitrogens with one attached hydrogen (secondary N) is 1. The van der Waals surface area contributed by atoms with Gasteiger partial charge in [0.05, 0.1) is 0 Å². The lowest BCUT2D eigenvalue weighted by atomic mass is 9.99. The van der Waals surface area contributed by atoms with Gasteiger partial charge in [0.25, 0.3) is 0 Å².